The molecule has 0 aliphatic carbocycles. The van der Waals surface area contributed by atoms with Crippen molar-refractivity contribution in [1.29, 1.82) is 0 Å². The summed E-state index contributed by atoms with van der Waals surface area (Å²) in [5.41, 5.74) is 0.895. The van der Waals surface area contributed by atoms with Crippen LogP contribution < -0.4 is 0 Å². The highest BCUT2D eigenvalue weighted by molar-refractivity contribution is 6.30. The van der Waals surface area contributed by atoms with Gasteiger partial charge in [0.2, 0.25) is 0 Å². The number of rotatable bonds is 5. The zero-order chi connectivity index (χ0) is 13.0. The molecule has 0 aliphatic heterocycles. The van der Waals surface area contributed by atoms with Crippen molar-refractivity contribution < 1.29 is 5.11 Å². The Hall–Kier alpha value is -0.730. The Morgan fingerprint density at radius 1 is 1.24 bits per heavy atom. The predicted octanol–water partition coefficient (Wildman–Crippen LogP) is 3.91. The Kier molecular flexibility index (Phi) is 5.29. The van der Waals surface area contributed by atoms with Crippen LogP contribution in [-0.2, 0) is 6.54 Å². The summed E-state index contributed by atoms with van der Waals surface area (Å²) in [7, 11) is 0. The van der Waals surface area contributed by atoms with E-state index < -0.39 is 0 Å². The summed E-state index contributed by atoms with van der Waals surface area (Å²) in [5.74, 6) is 0.933. The number of halogens is 1. The first-order chi connectivity index (χ1) is 7.90. The van der Waals surface area contributed by atoms with E-state index in [2.05, 4.69) is 32.6 Å². The van der Waals surface area contributed by atoms with Crippen LogP contribution in [0.15, 0.2) is 18.2 Å². The van der Waals surface area contributed by atoms with Crippen LogP contribution in [0.25, 0.3) is 0 Å². The van der Waals surface area contributed by atoms with Crippen LogP contribution in [0.2, 0.25) is 5.02 Å². The Bertz CT molecular complexity index is 363. The van der Waals surface area contributed by atoms with Gasteiger partial charge in [0.15, 0.2) is 0 Å². The summed E-state index contributed by atoms with van der Waals surface area (Å²) in [5, 5.41) is 10.5. The first kappa shape index (κ1) is 14.3. The van der Waals surface area contributed by atoms with Gasteiger partial charge >= 0.3 is 0 Å². The fourth-order valence-electron chi connectivity index (χ4n) is 1.83. The normalized spacial score (nSPS) is 11.8. The van der Waals surface area contributed by atoms with E-state index in [-0.39, 0.29) is 0 Å². The molecule has 0 aromatic heterocycles. The topological polar surface area (TPSA) is 23.5 Å². The summed E-state index contributed by atoms with van der Waals surface area (Å²) in [6.07, 6.45) is 0. The molecule has 2 nitrogen and oxygen atoms in total. The number of phenolic OH excluding ortho intramolecular Hbond substituents is 1. The second kappa shape index (κ2) is 6.27. The molecule has 96 valence electrons. The van der Waals surface area contributed by atoms with Crippen LogP contribution >= 0.6 is 11.6 Å². The molecule has 0 radical (unpaired) electrons. The highest BCUT2D eigenvalue weighted by atomic mass is 35.5. The minimum absolute atomic E-state index is 0.323. The Morgan fingerprint density at radius 3 is 2.41 bits per heavy atom. The molecule has 1 rings (SSSR count). The van der Waals surface area contributed by atoms with Gasteiger partial charge in [0.05, 0.1) is 0 Å². The monoisotopic (exact) mass is 255 g/mol. The number of phenols is 1. The smallest absolute Gasteiger partial charge is 0.120 e. The number of benzene rings is 1. The van der Waals surface area contributed by atoms with Gasteiger partial charge in [0.25, 0.3) is 0 Å². The molecule has 3 heteroatoms. The van der Waals surface area contributed by atoms with Gasteiger partial charge in [-0.25, -0.2) is 0 Å². The molecule has 0 aliphatic rings. The lowest BCUT2D eigenvalue weighted by Crippen LogP contribution is -2.33. The third-order valence-corrected chi connectivity index (χ3v) is 2.98. The van der Waals surface area contributed by atoms with E-state index >= 15 is 0 Å². The van der Waals surface area contributed by atoms with Gasteiger partial charge in [-0.15, -0.1) is 0 Å². The van der Waals surface area contributed by atoms with E-state index in [1.165, 1.54) is 0 Å². The molecule has 0 unspecified atom stereocenters. The lowest BCUT2D eigenvalue weighted by Gasteiger charge is -2.28. The van der Waals surface area contributed by atoms with E-state index in [1.54, 1.807) is 12.1 Å². The zero-order valence-corrected chi connectivity index (χ0v) is 11.8. The molecule has 0 saturated heterocycles. The van der Waals surface area contributed by atoms with Gasteiger partial charge in [0, 0.05) is 29.7 Å². The molecule has 0 amide bonds. The van der Waals surface area contributed by atoms with Crippen molar-refractivity contribution in [2.24, 2.45) is 5.92 Å². The number of hydrogen-bond donors (Lipinski definition) is 1. The summed E-state index contributed by atoms with van der Waals surface area (Å²) in [4.78, 5) is 2.34. The second-order valence-electron chi connectivity index (χ2n) is 5.19. The van der Waals surface area contributed by atoms with E-state index in [1.807, 2.05) is 6.07 Å². The van der Waals surface area contributed by atoms with E-state index in [0.29, 0.717) is 22.7 Å². The quantitative estimate of drug-likeness (QED) is 0.862. The SMILES string of the molecule is CC(C)CN(Cc1cc(Cl)ccc1O)C(C)C. The van der Waals surface area contributed by atoms with Crippen LogP contribution in [0.4, 0.5) is 0 Å². The molecule has 0 spiro atoms. The van der Waals surface area contributed by atoms with Crippen LogP contribution in [-0.4, -0.2) is 22.6 Å². The molecule has 1 aromatic carbocycles. The van der Waals surface area contributed by atoms with Crippen molar-refractivity contribution in [3.63, 3.8) is 0 Å². The maximum Gasteiger partial charge on any atom is 0.120 e. The molecular weight excluding hydrogens is 234 g/mol. The van der Waals surface area contributed by atoms with Gasteiger partial charge in [-0.1, -0.05) is 25.4 Å². The Labute approximate surface area is 109 Å². The highest BCUT2D eigenvalue weighted by Gasteiger charge is 2.14. The Morgan fingerprint density at radius 2 is 1.88 bits per heavy atom. The Balaban J connectivity index is 2.81. The van der Waals surface area contributed by atoms with Crippen LogP contribution in [0.1, 0.15) is 33.3 Å². The number of hydrogen-bond acceptors (Lipinski definition) is 2. The lowest BCUT2D eigenvalue weighted by atomic mass is 10.1. The molecule has 0 fully saturated rings. The summed E-state index contributed by atoms with van der Waals surface area (Å²) in [6, 6.07) is 5.66. The van der Waals surface area contributed by atoms with Crippen LogP contribution in [0, 0.1) is 5.92 Å². The average molecular weight is 256 g/mol. The fraction of sp³-hybridized carbons (Fsp3) is 0.571. The van der Waals surface area contributed by atoms with Crippen molar-refractivity contribution in [2.75, 3.05) is 6.54 Å². The molecule has 1 N–H and O–H groups in total. The van der Waals surface area contributed by atoms with Crippen molar-refractivity contribution in [1.82, 2.24) is 4.90 Å². The van der Waals surface area contributed by atoms with E-state index in [0.717, 1.165) is 18.7 Å². The predicted molar refractivity (Wildman–Crippen MR) is 73.5 cm³/mol. The van der Waals surface area contributed by atoms with Gasteiger partial charge in [-0.2, -0.15) is 0 Å². The van der Waals surface area contributed by atoms with E-state index in [9.17, 15) is 5.11 Å². The van der Waals surface area contributed by atoms with Gasteiger partial charge in [0.1, 0.15) is 5.75 Å². The molecule has 0 saturated carbocycles. The summed E-state index contributed by atoms with van der Waals surface area (Å²) >= 11 is 5.96. The molecule has 0 heterocycles. The summed E-state index contributed by atoms with van der Waals surface area (Å²) < 4.78 is 0. The standard InChI is InChI=1S/C14H22ClNO/c1-10(2)8-16(11(3)4)9-12-7-13(15)5-6-14(12)17/h5-7,10-11,17H,8-9H2,1-4H3. The molecule has 0 atom stereocenters. The maximum atomic E-state index is 9.81. The van der Waals surface area contributed by atoms with Crippen LogP contribution in [0.5, 0.6) is 5.75 Å². The van der Waals surface area contributed by atoms with Gasteiger partial charge in [-0.05, 0) is 38.0 Å². The lowest BCUT2D eigenvalue weighted by molar-refractivity contribution is 0.187. The molecule has 1 aromatic rings. The van der Waals surface area contributed by atoms with Gasteiger partial charge < -0.3 is 5.11 Å². The second-order valence-corrected chi connectivity index (χ2v) is 5.63. The van der Waals surface area contributed by atoms with Crippen molar-refractivity contribution >= 4 is 11.6 Å². The summed E-state index contributed by atoms with van der Waals surface area (Å²) in [6.45, 7) is 10.5. The highest BCUT2D eigenvalue weighted by Crippen LogP contribution is 2.24. The van der Waals surface area contributed by atoms with Crippen LogP contribution in [0.3, 0.4) is 0 Å². The average Bonchev–Trinajstić information content (AvgIpc) is 2.21. The molecular formula is C14H22ClNO. The minimum atomic E-state index is 0.323. The zero-order valence-electron chi connectivity index (χ0n) is 11.1. The first-order valence-electron chi connectivity index (χ1n) is 6.11. The third kappa shape index (κ3) is 4.57. The van der Waals surface area contributed by atoms with E-state index in [4.69, 9.17) is 11.6 Å². The third-order valence-electron chi connectivity index (χ3n) is 2.74. The largest absolute Gasteiger partial charge is 0.508 e. The molecule has 0 bridgehead atoms. The van der Waals surface area contributed by atoms with Gasteiger partial charge in [-0.3, -0.25) is 4.90 Å². The number of aromatic hydroxyl groups is 1. The number of nitrogens with zero attached hydrogens (tertiary/aromatic N) is 1. The molecule has 17 heavy (non-hydrogen) atoms. The fourth-order valence-corrected chi connectivity index (χ4v) is 2.02. The first-order valence-corrected chi connectivity index (χ1v) is 6.49. The van der Waals surface area contributed by atoms with Crippen molar-refractivity contribution in [2.45, 2.75) is 40.3 Å². The van der Waals surface area contributed by atoms with Crippen molar-refractivity contribution in [3.8, 4) is 5.75 Å². The van der Waals surface area contributed by atoms with Crippen molar-refractivity contribution in [3.05, 3.63) is 28.8 Å². The minimum Gasteiger partial charge on any atom is -0.508 e. The maximum absolute atomic E-state index is 9.81.